The number of benzene rings is 1. The molecule has 0 saturated carbocycles. The first-order chi connectivity index (χ1) is 12.9. The summed E-state index contributed by atoms with van der Waals surface area (Å²) in [4.78, 5) is 28.9. The van der Waals surface area contributed by atoms with Gasteiger partial charge in [0.2, 0.25) is 5.91 Å². The van der Waals surface area contributed by atoms with Crippen LogP contribution < -0.4 is 5.32 Å². The van der Waals surface area contributed by atoms with E-state index in [1.54, 1.807) is 6.07 Å². The molecule has 1 fully saturated rings. The molecule has 0 bridgehead atoms. The first-order valence-electron chi connectivity index (χ1n) is 8.55. The van der Waals surface area contributed by atoms with Crippen molar-refractivity contribution < 1.29 is 19.1 Å². The van der Waals surface area contributed by atoms with Gasteiger partial charge in [-0.3, -0.25) is 4.79 Å². The molecule has 0 aliphatic carbocycles. The van der Waals surface area contributed by atoms with E-state index in [1.165, 1.54) is 34.5 Å². The van der Waals surface area contributed by atoms with Crippen molar-refractivity contribution in [2.45, 2.75) is 30.1 Å². The molecule has 27 heavy (non-hydrogen) atoms. The Hall–Kier alpha value is -2.13. The maximum absolute atomic E-state index is 14.0. The van der Waals surface area contributed by atoms with Crippen molar-refractivity contribution >= 4 is 40.7 Å². The van der Waals surface area contributed by atoms with Crippen LogP contribution in [0.3, 0.4) is 0 Å². The van der Waals surface area contributed by atoms with Gasteiger partial charge in [0, 0.05) is 36.7 Å². The second-order valence-electron chi connectivity index (χ2n) is 6.30. The average molecular weight is 410 g/mol. The highest BCUT2D eigenvalue weighted by molar-refractivity contribution is 8.01. The van der Waals surface area contributed by atoms with Crippen molar-refractivity contribution in [3.05, 3.63) is 40.7 Å². The van der Waals surface area contributed by atoms with E-state index in [0.717, 1.165) is 12.0 Å². The lowest BCUT2D eigenvalue weighted by atomic mass is 10.2. The molecule has 2 N–H and O–H groups in total. The Balaban J connectivity index is 1.52. The molecule has 0 radical (unpaired) electrons. The monoisotopic (exact) mass is 409 g/mol. The van der Waals surface area contributed by atoms with E-state index in [9.17, 15) is 14.0 Å². The van der Waals surface area contributed by atoms with Crippen LogP contribution in [-0.2, 0) is 4.79 Å². The third kappa shape index (κ3) is 4.98. The number of hydrogen-bond donors (Lipinski definition) is 2. The Morgan fingerprint density at radius 2 is 2.33 bits per heavy atom. The maximum Gasteiger partial charge on any atom is 0.355 e. The molecule has 1 aliphatic heterocycles. The van der Waals surface area contributed by atoms with E-state index in [0.29, 0.717) is 35.3 Å². The number of likely N-dealkylation sites (tertiary alicyclic amines) is 1. The van der Waals surface area contributed by atoms with Gasteiger partial charge in [0.25, 0.3) is 0 Å². The summed E-state index contributed by atoms with van der Waals surface area (Å²) in [6, 6.07) is 5.06. The van der Waals surface area contributed by atoms with Crippen molar-refractivity contribution in [2.24, 2.45) is 0 Å². The lowest BCUT2D eigenvalue weighted by Crippen LogP contribution is -2.39. The summed E-state index contributed by atoms with van der Waals surface area (Å²) >= 11 is 2.72. The van der Waals surface area contributed by atoms with Gasteiger partial charge in [-0.25, -0.2) is 14.2 Å². The number of carbonyl (C=O) groups excluding carboxylic acids is 1. The zero-order valence-corrected chi connectivity index (χ0v) is 16.4. The summed E-state index contributed by atoms with van der Waals surface area (Å²) in [6.45, 7) is 2.88. The number of rotatable bonds is 8. The van der Waals surface area contributed by atoms with Gasteiger partial charge in [0.05, 0.1) is 5.69 Å². The Morgan fingerprint density at radius 3 is 3.04 bits per heavy atom. The van der Waals surface area contributed by atoms with Crippen LogP contribution in [-0.4, -0.2) is 51.8 Å². The van der Waals surface area contributed by atoms with Crippen molar-refractivity contribution in [1.82, 2.24) is 9.88 Å². The highest BCUT2D eigenvalue weighted by Crippen LogP contribution is 2.25. The highest BCUT2D eigenvalue weighted by Gasteiger charge is 2.30. The molecule has 0 unspecified atom stereocenters. The molecule has 2 heterocycles. The van der Waals surface area contributed by atoms with Gasteiger partial charge < -0.3 is 15.3 Å². The summed E-state index contributed by atoms with van der Waals surface area (Å²) in [7, 11) is 0. The minimum Gasteiger partial charge on any atom is -0.476 e. The summed E-state index contributed by atoms with van der Waals surface area (Å²) in [6.07, 6.45) is 1.23. The number of carbonyl (C=O) groups is 2. The Bertz CT molecular complexity index is 843. The minimum absolute atomic E-state index is 0.0182. The quantitative estimate of drug-likeness (QED) is 0.650. The molecular formula is C18H20FN3O3S2. The zero-order chi connectivity index (χ0) is 19.4. The molecular weight excluding hydrogens is 389 g/mol. The summed E-state index contributed by atoms with van der Waals surface area (Å²) in [5.41, 5.74) is 1.35. The number of amides is 1. The fraction of sp³-hybridized carbons (Fsp3) is 0.389. The number of aryl methyl sites for hydroxylation is 1. The second-order valence-corrected chi connectivity index (χ2v) is 8.50. The molecule has 6 nitrogen and oxygen atoms in total. The second kappa shape index (κ2) is 8.71. The first-order valence-corrected chi connectivity index (χ1v) is 10.4. The van der Waals surface area contributed by atoms with Crippen LogP contribution in [0.5, 0.6) is 0 Å². The topological polar surface area (TPSA) is 82.5 Å². The van der Waals surface area contributed by atoms with Crippen LogP contribution >= 0.6 is 23.1 Å². The van der Waals surface area contributed by atoms with Crippen LogP contribution in [0.15, 0.2) is 27.9 Å². The number of halogens is 1. The lowest BCUT2D eigenvalue weighted by Gasteiger charge is -2.25. The van der Waals surface area contributed by atoms with E-state index in [2.05, 4.69) is 10.3 Å². The van der Waals surface area contributed by atoms with Crippen LogP contribution in [0.2, 0.25) is 0 Å². The first kappa shape index (κ1) is 19.6. The summed E-state index contributed by atoms with van der Waals surface area (Å²) < 4.78 is 14.6. The maximum atomic E-state index is 14.0. The van der Waals surface area contributed by atoms with E-state index in [4.69, 9.17) is 5.11 Å². The molecule has 1 aromatic carbocycles. The van der Waals surface area contributed by atoms with E-state index in [-0.39, 0.29) is 23.5 Å². The number of nitrogens with zero attached hydrogens (tertiary/aromatic N) is 2. The smallest absolute Gasteiger partial charge is 0.355 e. The Kier molecular flexibility index (Phi) is 6.33. The van der Waals surface area contributed by atoms with E-state index >= 15 is 0 Å². The number of carboxylic acids is 1. The molecule has 2 aromatic rings. The van der Waals surface area contributed by atoms with Crippen LogP contribution in [0.1, 0.15) is 28.9 Å². The molecule has 3 rings (SSSR count). The lowest BCUT2D eigenvalue weighted by molar-refractivity contribution is -0.128. The number of anilines is 1. The van der Waals surface area contributed by atoms with E-state index < -0.39 is 5.97 Å². The summed E-state index contributed by atoms with van der Waals surface area (Å²) in [5.74, 6) is -0.605. The predicted octanol–water partition coefficient (Wildman–Crippen LogP) is 3.48. The fourth-order valence-corrected chi connectivity index (χ4v) is 4.77. The predicted molar refractivity (Wildman–Crippen MR) is 104 cm³/mol. The van der Waals surface area contributed by atoms with Crippen molar-refractivity contribution in [2.75, 3.05) is 24.2 Å². The highest BCUT2D eigenvalue weighted by atomic mass is 32.2. The number of carboxylic acid groups (broad SMARTS) is 1. The normalized spacial score (nSPS) is 16.7. The molecule has 9 heteroatoms. The van der Waals surface area contributed by atoms with Crippen LogP contribution in [0, 0.1) is 12.7 Å². The van der Waals surface area contributed by atoms with Gasteiger partial charge in [-0.15, -0.1) is 11.3 Å². The molecule has 1 aromatic heterocycles. The minimum atomic E-state index is -1.04. The summed E-state index contributed by atoms with van der Waals surface area (Å²) in [5, 5.41) is 13.5. The van der Waals surface area contributed by atoms with Crippen molar-refractivity contribution in [1.29, 1.82) is 0 Å². The fourth-order valence-electron chi connectivity index (χ4n) is 2.96. The SMILES string of the molecule is Cc1ccc(NC[C@H]2CCC(=O)N2CCSc2nc(C(=O)O)cs2)c(F)c1. The van der Waals surface area contributed by atoms with Gasteiger partial charge in [-0.1, -0.05) is 17.8 Å². The number of thioether (sulfide) groups is 1. The zero-order valence-electron chi connectivity index (χ0n) is 14.8. The van der Waals surface area contributed by atoms with Crippen molar-refractivity contribution in [3.63, 3.8) is 0 Å². The number of aromatic nitrogens is 1. The van der Waals surface area contributed by atoms with Crippen molar-refractivity contribution in [3.8, 4) is 0 Å². The van der Waals surface area contributed by atoms with Gasteiger partial charge in [-0.2, -0.15) is 0 Å². The number of nitrogens with one attached hydrogen (secondary N) is 1. The van der Waals surface area contributed by atoms with Gasteiger partial charge in [0.15, 0.2) is 10.0 Å². The molecule has 144 valence electrons. The van der Waals surface area contributed by atoms with Gasteiger partial charge in [0.1, 0.15) is 5.82 Å². The molecule has 1 saturated heterocycles. The largest absolute Gasteiger partial charge is 0.476 e. The standard InChI is InChI=1S/C18H20FN3O3S2/c1-11-2-4-14(13(19)8-11)20-9-12-3-5-16(23)22(12)6-7-26-18-21-15(10-27-18)17(24)25/h2,4,8,10,12,20H,3,5-7,9H2,1H3,(H,24,25)/t12-/m1/s1. The Morgan fingerprint density at radius 1 is 1.52 bits per heavy atom. The number of thiazole rings is 1. The number of hydrogen-bond acceptors (Lipinski definition) is 6. The van der Waals surface area contributed by atoms with Gasteiger partial charge >= 0.3 is 5.97 Å². The molecule has 0 spiro atoms. The molecule has 1 aliphatic rings. The third-order valence-electron chi connectivity index (χ3n) is 4.37. The van der Waals surface area contributed by atoms with E-state index in [1.807, 2.05) is 17.9 Å². The van der Waals surface area contributed by atoms with Crippen LogP contribution in [0.25, 0.3) is 0 Å². The Labute approximate surface area is 164 Å². The molecule has 1 amide bonds. The van der Waals surface area contributed by atoms with Gasteiger partial charge in [-0.05, 0) is 31.0 Å². The third-order valence-corrected chi connectivity index (χ3v) is 6.37. The average Bonchev–Trinajstić information content (AvgIpc) is 3.22. The van der Waals surface area contributed by atoms with Crippen LogP contribution in [0.4, 0.5) is 10.1 Å². The molecule has 1 atom stereocenters. The number of aromatic carboxylic acids is 1.